The van der Waals surface area contributed by atoms with Crippen LogP contribution in [0.1, 0.15) is 77.2 Å². The predicted molar refractivity (Wildman–Crippen MR) is 227 cm³/mol. The van der Waals surface area contributed by atoms with Crippen molar-refractivity contribution in [2.24, 2.45) is 22.9 Å². The molecule has 9 unspecified atom stereocenters. The van der Waals surface area contributed by atoms with Gasteiger partial charge in [-0.1, -0.05) is 30.3 Å². The van der Waals surface area contributed by atoms with Crippen molar-refractivity contribution in [2.75, 3.05) is 6.54 Å². The molecule has 364 valence electrons. The summed E-state index contributed by atoms with van der Waals surface area (Å²) in [7, 11) is 0. The molecule has 17 N–H and O–H groups in total. The lowest BCUT2D eigenvalue weighted by atomic mass is 10.0. The number of hydrogen-bond donors (Lipinski definition) is 13. The second-order valence-corrected chi connectivity index (χ2v) is 15.6. The number of aliphatic hydroxyl groups is 1. The Labute approximate surface area is 378 Å². The van der Waals surface area contributed by atoms with Gasteiger partial charge in [-0.15, -0.1) is 0 Å². The molecule has 0 radical (unpaired) electrons. The first-order valence-corrected chi connectivity index (χ1v) is 20.8. The van der Waals surface area contributed by atoms with E-state index in [0.29, 0.717) is 12.0 Å². The highest BCUT2D eigenvalue weighted by atomic mass is 16.4. The SMILES string of the molecule is CC(NC(=O)C(NC(=O)C(CC(N)=O)NC(=O)C(CCC(N)=O)NC(=O)C(CCC(=O)O)NC(=O)C(N)Cc1ccccc1)C(C)O)C(=O)NC(CCC(N)=O)C(=O)N1CCCC1C(=O)O. The molecule has 1 fully saturated rings. The van der Waals surface area contributed by atoms with Gasteiger partial charge in [0.1, 0.15) is 42.3 Å². The quantitative estimate of drug-likeness (QED) is 0.0372. The van der Waals surface area contributed by atoms with Gasteiger partial charge in [-0.25, -0.2) is 4.79 Å². The average molecular weight is 934 g/mol. The highest BCUT2D eigenvalue weighted by Gasteiger charge is 2.39. The molecule has 0 saturated carbocycles. The summed E-state index contributed by atoms with van der Waals surface area (Å²) in [4.78, 5) is 153. The van der Waals surface area contributed by atoms with E-state index in [1.54, 1.807) is 30.3 Å². The van der Waals surface area contributed by atoms with Crippen LogP contribution < -0.4 is 54.8 Å². The topological polar surface area (TPSA) is 445 Å². The second-order valence-electron chi connectivity index (χ2n) is 15.6. The van der Waals surface area contributed by atoms with Crippen molar-refractivity contribution in [3.8, 4) is 0 Å². The van der Waals surface area contributed by atoms with Crippen LogP contribution in [-0.2, 0) is 64.0 Å². The Morgan fingerprint density at radius 3 is 1.65 bits per heavy atom. The zero-order valence-electron chi connectivity index (χ0n) is 36.4. The van der Waals surface area contributed by atoms with Gasteiger partial charge in [0.15, 0.2) is 0 Å². The summed E-state index contributed by atoms with van der Waals surface area (Å²) in [6, 6.07) is -3.90. The summed E-state index contributed by atoms with van der Waals surface area (Å²) in [6.45, 7) is 2.28. The first-order chi connectivity index (χ1) is 30.9. The van der Waals surface area contributed by atoms with Gasteiger partial charge >= 0.3 is 11.9 Å². The van der Waals surface area contributed by atoms with Crippen LogP contribution in [0.5, 0.6) is 0 Å². The minimum Gasteiger partial charge on any atom is -0.481 e. The minimum absolute atomic E-state index is 0.0396. The normalized spacial score (nSPS) is 16.8. The van der Waals surface area contributed by atoms with Crippen LogP contribution in [0.2, 0.25) is 0 Å². The van der Waals surface area contributed by atoms with Gasteiger partial charge in [-0.2, -0.15) is 0 Å². The number of carboxylic acid groups (broad SMARTS) is 2. The number of rotatable bonds is 28. The number of carbonyl (C=O) groups excluding carboxylic acids is 10. The molecule has 1 aliphatic heterocycles. The predicted octanol–water partition coefficient (Wildman–Crippen LogP) is -5.79. The van der Waals surface area contributed by atoms with Crippen LogP contribution in [0.3, 0.4) is 0 Å². The molecule has 0 spiro atoms. The molecule has 1 aliphatic rings. The van der Waals surface area contributed by atoms with E-state index in [2.05, 4.69) is 31.9 Å². The lowest BCUT2D eigenvalue weighted by Crippen LogP contribution is -2.62. The first kappa shape index (κ1) is 54.9. The van der Waals surface area contributed by atoms with Crippen LogP contribution in [0.4, 0.5) is 0 Å². The smallest absolute Gasteiger partial charge is 0.326 e. The number of nitrogens with zero attached hydrogens (tertiary/aromatic N) is 1. The zero-order valence-corrected chi connectivity index (χ0v) is 36.4. The van der Waals surface area contributed by atoms with Gasteiger partial charge in [0.2, 0.25) is 59.1 Å². The molecule has 1 aromatic rings. The molecule has 0 aliphatic carbocycles. The Bertz CT molecular complexity index is 1970. The van der Waals surface area contributed by atoms with Crippen LogP contribution >= 0.6 is 0 Å². The average Bonchev–Trinajstić information content (AvgIpc) is 3.74. The number of nitrogens with one attached hydrogen (secondary N) is 6. The van der Waals surface area contributed by atoms with Crippen LogP contribution in [0.25, 0.3) is 0 Å². The van der Waals surface area contributed by atoms with Crippen molar-refractivity contribution in [3.63, 3.8) is 0 Å². The fourth-order valence-electron chi connectivity index (χ4n) is 6.64. The Balaban J connectivity index is 2.26. The van der Waals surface area contributed by atoms with E-state index in [4.69, 9.17) is 22.9 Å². The standard InChI is InChI=1S/C40H59N11O15/c1-19(33(58)48-25(11-14-29(43)54)39(64)51-16-6-9-27(51)40(65)66)45-38(63)32(20(2)52)50-37(62)26(18-30(44)55)49-36(61)23(10-13-28(42)53)47-35(60)24(12-15-31(56)57)46-34(59)22(41)17-21-7-4-3-5-8-21/h3-5,7-8,19-20,22-27,32,52H,6,9-18,41H2,1-2H3,(H2,42,53)(H2,43,54)(H2,44,55)(H,45,63)(H,46,59)(H,47,60)(H,48,58)(H,49,61)(H,50,62)(H,56,57)(H,65,66). The van der Waals surface area contributed by atoms with Crippen molar-refractivity contribution in [3.05, 3.63) is 35.9 Å². The lowest BCUT2D eigenvalue weighted by Gasteiger charge is -2.29. The Hall–Kier alpha value is -7.22. The van der Waals surface area contributed by atoms with E-state index >= 15 is 0 Å². The van der Waals surface area contributed by atoms with Gasteiger partial charge in [-0.3, -0.25) is 52.7 Å². The van der Waals surface area contributed by atoms with E-state index < -0.39 is 158 Å². The molecular weight excluding hydrogens is 875 g/mol. The molecule has 1 aromatic carbocycles. The number of carbonyl (C=O) groups is 12. The van der Waals surface area contributed by atoms with Gasteiger partial charge in [0, 0.05) is 25.8 Å². The third-order valence-electron chi connectivity index (χ3n) is 10.2. The number of aliphatic carboxylic acids is 2. The van der Waals surface area contributed by atoms with E-state index in [1.165, 1.54) is 0 Å². The number of nitrogens with two attached hydrogens (primary N) is 4. The van der Waals surface area contributed by atoms with E-state index in [1.807, 2.05) is 0 Å². The largest absolute Gasteiger partial charge is 0.481 e. The van der Waals surface area contributed by atoms with E-state index in [0.717, 1.165) is 18.7 Å². The number of primary amides is 3. The van der Waals surface area contributed by atoms with Gasteiger partial charge < -0.3 is 75.1 Å². The van der Waals surface area contributed by atoms with Gasteiger partial charge in [0.25, 0.3) is 0 Å². The molecule has 9 atom stereocenters. The van der Waals surface area contributed by atoms with Crippen LogP contribution in [0, 0.1) is 0 Å². The lowest BCUT2D eigenvalue weighted by molar-refractivity contribution is -0.149. The molecule has 26 nitrogen and oxygen atoms in total. The van der Waals surface area contributed by atoms with Gasteiger partial charge in [-0.05, 0) is 57.9 Å². The van der Waals surface area contributed by atoms with Crippen molar-refractivity contribution in [1.29, 1.82) is 0 Å². The van der Waals surface area contributed by atoms with Crippen molar-refractivity contribution in [2.45, 2.75) is 132 Å². The fourth-order valence-corrected chi connectivity index (χ4v) is 6.64. The summed E-state index contributed by atoms with van der Waals surface area (Å²) in [5.41, 5.74) is 22.6. The number of amides is 10. The molecule has 26 heteroatoms. The summed E-state index contributed by atoms with van der Waals surface area (Å²) < 4.78 is 0. The maximum absolute atomic E-state index is 13.7. The van der Waals surface area contributed by atoms with E-state index in [9.17, 15) is 72.9 Å². The summed E-state index contributed by atoms with van der Waals surface area (Å²) in [6.07, 6.45) is -4.96. The number of aliphatic hydroxyl groups excluding tert-OH is 1. The maximum atomic E-state index is 13.7. The monoisotopic (exact) mass is 933 g/mol. The Morgan fingerprint density at radius 1 is 0.636 bits per heavy atom. The number of hydrogen-bond acceptors (Lipinski definition) is 14. The molecule has 0 bridgehead atoms. The maximum Gasteiger partial charge on any atom is 0.326 e. The molecule has 10 amide bonds. The molecule has 2 rings (SSSR count). The van der Waals surface area contributed by atoms with Crippen molar-refractivity contribution in [1.82, 2.24) is 36.8 Å². The molecule has 1 heterocycles. The third kappa shape index (κ3) is 18.5. The number of benzene rings is 1. The second kappa shape index (κ2) is 26.5. The highest BCUT2D eigenvalue weighted by molar-refractivity contribution is 5.99. The molecular formula is C40H59N11O15. The fraction of sp³-hybridized carbons (Fsp3) is 0.550. The molecule has 66 heavy (non-hydrogen) atoms. The number of carboxylic acids is 2. The zero-order chi connectivity index (χ0) is 49.8. The highest BCUT2D eigenvalue weighted by Crippen LogP contribution is 2.20. The van der Waals surface area contributed by atoms with E-state index in [-0.39, 0.29) is 32.2 Å². The molecule has 0 aromatic heterocycles. The van der Waals surface area contributed by atoms with Gasteiger partial charge in [0.05, 0.1) is 18.6 Å². The minimum atomic E-state index is -1.92. The first-order valence-electron chi connectivity index (χ1n) is 20.8. The summed E-state index contributed by atoms with van der Waals surface area (Å²) in [5, 5.41) is 42.9. The van der Waals surface area contributed by atoms with Crippen LogP contribution in [-0.4, -0.2) is 152 Å². The third-order valence-corrected chi connectivity index (χ3v) is 10.2. The van der Waals surface area contributed by atoms with Crippen LogP contribution in [0.15, 0.2) is 30.3 Å². The summed E-state index contributed by atoms with van der Waals surface area (Å²) >= 11 is 0. The molecule has 1 saturated heterocycles. The van der Waals surface area contributed by atoms with Crippen molar-refractivity contribution < 1.29 is 72.9 Å². The number of likely N-dealkylation sites (tertiary alicyclic amines) is 1. The summed E-state index contributed by atoms with van der Waals surface area (Å²) in [5.74, 6) is -13.0. The van der Waals surface area contributed by atoms with Crippen molar-refractivity contribution >= 4 is 71.0 Å². The Morgan fingerprint density at radius 2 is 1.14 bits per heavy atom. The Kier molecular flexibility index (Phi) is 22.1.